The minimum absolute atomic E-state index is 0.403. The van der Waals surface area contributed by atoms with Crippen molar-refractivity contribution in [3.8, 4) is 0 Å². The topological polar surface area (TPSA) is 43.7 Å². The normalized spacial score (nSPS) is 14.4. The Bertz CT molecular complexity index is 309. The quantitative estimate of drug-likeness (QED) is 0.793. The van der Waals surface area contributed by atoms with Crippen molar-refractivity contribution in [2.75, 3.05) is 18.0 Å². The molecule has 96 valence electrons. The predicted octanol–water partition coefficient (Wildman–Crippen LogP) is 1.82. The molecule has 0 radical (unpaired) electrons. The second-order valence-corrected chi connectivity index (χ2v) is 4.62. The number of nitrogens with zero attached hydrogens (tertiary/aromatic N) is 1. The molecule has 3 nitrogen and oxygen atoms in total. The van der Waals surface area contributed by atoms with Crippen LogP contribution in [0.25, 0.3) is 0 Å². The van der Waals surface area contributed by atoms with Gasteiger partial charge in [-0.05, 0) is 38.0 Å². The zero-order valence-corrected chi connectivity index (χ0v) is 10.9. The molecule has 1 rings (SSSR count). The van der Waals surface area contributed by atoms with Gasteiger partial charge >= 0.3 is 0 Å². The summed E-state index contributed by atoms with van der Waals surface area (Å²) in [5.41, 5.74) is 2.34. The van der Waals surface area contributed by atoms with Gasteiger partial charge in [0, 0.05) is 18.8 Å². The Labute approximate surface area is 104 Å². The van der Waals surface area contributed by atoms with E-state index < -0.39 is 12.2 Å². The summed E-state index contributed by atoms with van der Waals surface area (Å²) in [4.78, 5) is 2.01. The average Bonchev–Trinajstić information content (AvgIpc) is 2.27. The summed E-state index contributed by atoms with van der Waals surface area (Å²) in [5.74, 6) is 0. The van der Waals surface area contributed by atoms with Crippen LogP contribution in [0.1, 0.15) is 26.3 Å². The molecule has 0 bridgehead atoms. The lowest BCUT2D eigenvalue weighted by Gasteiger charge is -2.27. The van der Waals surface area contributed by atoms with Crippen LogP contribution in [0.5, 0.6) is 0 Å². The van der Waals surface area contributed by atoms with Crippen molar-refractivity contribution in [2.24, 2.45) is 0 Å². The summed E-state index contributed by atoms with van der Waals surface area (Å²) >= 11 is 0. The van der Waals surface area contributed by atoms with Crippen molar-refractivity contribution in [3.05, 3.63) is 29.8 Å². The molecule has 2 unspecified atom stereocenters. The SMILES string of the molecule is CCc1ccc(N(CC(C)O)CC(C)O)cc1. The van der Waals surface area contributed by atoms with Crippen LogP contribution in [0, 0.1) is 0 Å². The van der Waals surface area contributed by atoms with Gasteiger partial charge in [-0.2, -0.15) is 0 Å². The fourth-order valence-corrected chi connectivity index (χ4v) is 1.87. The lowest BCUT2D eigenvalue weighted by atomic mass is 10.1. The van der Waals surface area contributed by atoms with Gasteiger partial charge < -0.3 is 15.1 Å². The molecule has 1 aromatic rings. The zero-order valence-electron chi connectivity index (χ0n) is 10.9. The van der Waals surface area contributed by atoms with E-state index in [-0.39, 0.29) is 0 Å². The van der Waals surface area contributed by atoms with Gasteiger partial charge in [0.1, 0.15) is 0 Å². The van der Waals surface area contributed by atoms with E-state index in [1.165, 1.54) is 5.56 Å². The molecule has 0 fully saturated rings. The Morgan fingerprint density at radius 3 is 1.82 bits per heavy atom. The van der Waals surface area contributed by atoms with Crippen molar-refractivity contribution < 1.29 is 10.2 Å². The molecule has 0 saturated heterocycles. The minimum atomic E-state index is -0.403. The van der Waals surface area contributed by atoms with Crippen LogP contribution in [0.3, 0.4) is 0 Å². The lowest BCUT2D eigenvalue weighted by Crippen LogP contribution is -2.36. The first kappa shape index (κ1) is 14.0. The number of anilines is 1. The monoisotopic (exact) mass is 237 g/mol. The lowest BCUT2D eigenvalue weighted by molar-refractivity contribution is 0.178. The standard InChI is InChI=1S/C14H23NO2/c1-4-13-5-7-14(8-6-13)15(9-11(2)16)10-12(3)17/h5-8,11-12,16-17H,4,9-10H2,1-3H3. The van der Waals surface area contributed by atoms with E-state index >= 15 is 0 Å². The maximum absolute atomic E-state index is 9.47. The molecule has 3 heteroatoms. The molecule has 2 N–H and O–H groups in total. The smallest absolute Gasteiger partial charge is 0.0687 e. The molecular weight excluding hydrogens is 214 g/mol. The summed E-state index contributed by atoms with van der Waals surface area (Å²) in [6.07, 6.45) is 0.215. The molecule has 0 aliphatic carbocycles. The molecule has 2 atom stereocenters. The third kappa shape index (κ3) is 4.75. The Kier molecular flexibility index (Phi) is 5.45. The van der Waals surface area contributed by atoms with E-state index in [0.29, 0.717) is 13.1 Å². The van der Waals surface area contributed by atoms with Crippen molar-refractivity contribution in [2.45, 2.75) is 39.4 Å². The fourth-order valence-electron chi connectivity index (χ4n) is 1.87. The maximum Gasteiger partial charge on any atom is 0.0687 e. The van der Waals surface area contributed by atoms with Crippen LogP contribution >= 0.6 is 0 Å². The summed E-state index contributed by atoms with van der Waals surface area (Å²) < 4.78 is 0. The number of hydrogen-bond donors (Lipinski definition) is 2. The van der Waals surface area contributed by atoms with Crippen LogP contribution in [-0.2, 0) is 6.42 Å². The van der Waals surface area contributed by atoms with Gasteiger partial charge in [0.2, 0.25) is 0 Å². The fraction of sp³-hybridized carbons (Fsp3) is 0.571. The Morgan fingerprint density at radius 1 is 1.00 bits per heavy atom. The van der Waals surface area contributed by atoms with Crippen molar-refractivity contribution in [3.63, 3.8) is 0 Å². The first-order valence-electron chi connectivity index (χ1n) is 6.23. The van der Waals surface area contributed by atoms with Crippen LogP contribution in [0.2, 0.25) is 0 Å². The predicted molar refractivity (Wildman–Crippen MR) is 71.4 cm³/mol. The highest BCUT2D eigenvalue weighted by Crippen LogP contribution is 2.16. The van der Waals surface area contributed by atoms with Crippen molar-refractivity contribution >= 4 is 5.69 Å². The number of aryl methyl sites for hydroxylation is 1. The summed E-state index contributed by atoms with van der Waals surface area (Å²) in [6, 6.07) is 8.27. The van der Waals surface area contributed by atoms with Crippen LogP contribution in [-0.4, -0.2) is 35.5 Å². The molecule has 0 amide bonds. The summed E-state index contributed by atoms with van der Waals surface area (Å²) in [7, 11) is 0. The van der Waals surface area contributed by atoms with Gasteiger partial charge in [0.05, 0.1) is 12.2 Å². The number of benzene rings is 1. The second kappa shape index (κ2) is 6.62. The molecule has 0 aliphatic rings. The number of rotatable bonds is 6. The highest BCUT2D eigenvalue weighted by Gasteiger charge is 2.11. The Balaban J connectivity index is 2.79. The summed E-state index contributed by atoms with van der Waals surface area (Å²) in [6.45, 7) is 6.72. The Morgan fingerprint density at radius 2 is 1.47 bits per heavy atom. The molecule has 1 aromatic carbocycles. The first-order valence-corrected chi connectivity index (χ1v) is 6.23. The second-order valence-electron chi connectivity index (χ2n) is 4.62. The van der Waals surface area contributed by atoms with E-state index in [0.717, 1.165) is 12.1 Å². The molecule has 0 heterocycles. The van der Waals surface area contributed by atoms with Crippen molar-refractivity contribution in [1.82, 2.24) is 0 Å². The van der Waals surface area contributed by atoms with Crippen LogP contribution in [0.15, 0.2) is 24.3 Å². The molecule has 0 spiro atoms. The largest absolute Gasteiger partial charge is 0.392 e. The van der Waals surface area contributed by atoms with E-state index in [2.05, 4.69) is 19.1 Å². The van der Waals surface area contributed by atoms with Gasteiger partial charge in [0.15, 0.2) is 0 Å². The van der Waals surface area contributed by atoms with Gasteiger partial charge in [-0.15, -0.1) is 0 Å². The van der Waals surface area contributed by atoms with Crippen LogP contribution < -0.4 is 4.90 Å². The van der Waals surface area contributed by atoms with E-state index in [1.54, 1.807) is 13.8 Å². The third-order valence-electron chi connectivity index (χ3n) is 2.68. The van der Waals surface area contributed by atoms with Crippen LogP contribution in [0.4, 0.5) is 5.69 Å². The Hall–Kier alpha value is -1.06. The van der Waals surface area contributed by atoms with Gasteiger partial charge in [-0.3, -0.25) is 0 Å². The molecular formula is C14H23NO2. The summed E-state index contributed by atoms with van der Waals surface area (Å²) in [5, 5.41) is 18.9. The van der Waals surface area contributed by atoms with E-state index in [1.807, 2.05) is 17.0 Å². The van der Waals surface area contributed by atoms with Gasteiger partial charge in [0.25, 0.3) is 0 Å². The number of hydrogen-bond acceptors (Lipinski definition) is 3. The van der Waals surface area contributed by atoms with E-state index in [9.17, 15) is 10.2 Å². The number of aliphatic hydroxyl groups excluding tert-OH is 2. The molecule has 0 saturated carbocycles. The highest BCUT2D eigenvalue weighted by molar-refractivity contribution is 5.47. The maximum atomic E-state index is 9.47. The van der Waals surface area contributed by atoms with E-state index in [4.69, 9.17) is 0 Å². The molecule has 0 aromatic heterocycles. The highest BCUT2D eigenvalue weighted by atomic mass is 16.3. The minimum Gasteiger partial charge on any atom is -0.392 e. The third-order valence-corrected chi connectivity index (χ3v) is 2.68. The number of aliphatic hydroxyl groups is 2. The molecule has 0 aliphatic heterocycles. The first-order chi connectivity index (χ1) is 8.02. The molecule has 17 heavy (non-hydrogen) atoms. The van der Waals surface area contributed by atoms with Gasteiger partial charge in [-0.25, -0.2) is 0 Å². The zero-order chi connectivity index (χ0) is 12.8. The van der Waals surface area contributed by atoms with Gasteiger partial charge in [-0.1, -0.05) is 19.1 Å². The van der Waals surface area contributed by atoms with Crippen molar-refractivity contribution in [1.29, 1.82) is 0 Å². The average molecular weight is 237 g/mol.